The molecule has 4 aliphatic heterocycles. The maximum absolute atomic E-state index is 14.7. The van der Waals surface area contributed by atoms with E-state index in [4.69, 9.17) is 4.74 Å². The van der Waals surface area contributed by atoms with Gasteiger partial charge in [-0.25, -0.2) is 19.2 Å². The summed E-state index contributed by atoms with van der Waals surface area (Å²) in [5.41, 5.74) is 0.270. The van der Waals surface area contributed by atoms with Crippen LogP contribution in [0, 0.1) is 5.82 Å². The number of anilines is 4. The van der Waals surface area contributed by atoms with E-state index in [1.54, 1.807) is 41.3 Å². The minimum atomic E-state index is -1.81. The molecule has 2 atom stereocenters. The lowest BCUT2D eigenvalue weighted by Crippen LogP contribution is -2.58. The van der Waals surface area contributed by atoms with E-state index >= 15 is 0 Å². The monoisotopic (exact) mass is 601 g/mol. The lowest BCUT2D eigenvalue weighted by Gasteiger charge is -2.33. The number of aromatic nitrogens is 2. The van der Waals surface area contributed by atoms with Gasteiger partial charge in [-0.1, -0.05) is 12.1 Å². The second-order valence-corrected chi connectivity index (χ2v) is 11.2. The Kier molecular flexibility index (Phi) is 7.85. The van der Waals surface area contributed by atoms with Crippen molar-refractivity contribution in [2.24, 2.45) is 0 Å². The minimum Gasteiger partial charge on any atom is -0.466 e. The molecule has 4 aliphatic rings. The summed E-state index contributed by atoms with van der Waals surface area (Å²) in [4.78, 5) is 62.3. The maximum Gasteiger partial charge on any atom is 0.322 e. The summed E-state index contributed by atoms with van der Waals surface area (Å²) in [5.74, 6) is -1.43. The van der Waals surface area contributed by atoms with Gasteiger partial charge < -0.3 is 30.9 Å². The average molecular weight is 602 g/mol. The number of benzene rings is 2. The molecular weight excluding hydrogens is 569 g/mol. The molecule has 0 radical (unpaired) electrons. The van der Waals surface area contributed by atoms with Crippen LogP contribution in [-0.2, 0) is 20.8 Å². The normalized spacial score (nSPS) is 22.5. The highest BCUT2D eigenvalue weighted by Crippen LogP contribution is 2.36. The predicted molar refractivity (Wildman–Crippen MR) is 159 cm³/mol. The number of amides is 4. The molecule has 1 unspecified atom stereocenters. The molecule has 0 saturated carbocycles. The second-order valence-electron chi connectivity index (χ2n) is 11.2. The number of halogens is 1. The van der Waals surface area contributed by atoms with E-state index in [0.29, 0.717) is 48.7 Å². The lowest BCUT2D eigenvalue weighted by molar-refractivity contribution is -0.146. The van der Waals surface area contributed by atoms with Crippen molar-refractivity contribution in [3.8, 4) is 5.75 Å². The fourth-order valence-corrected chi connectivity index (χ4v) is 5.61. The van der Waals surface area contributed by atoms with Gasteiger partial charge in [0.15, 0.2) is 17.4 Å². The molecule has 5 heterocycles. The first-order valence-electron chi connectivity index (χ1n) is 14.6. The van der Waals surface area contributed by atoms with E-state index in [2.05, 4.69) is 31.2 Å². The number of carbonyl (C=O) groups excluding carboxylic acids is 4. The maximum atomic E-state index is 14.7. The van der Waals surface area contributed by atoms with Crippen LogP contribution in [0.25, 0.3) is 0 Å². The Balaban J connectivity index is 1.29. The number of carbonyl (C=O) groups is 4. The first-order chi connectivity index (χ1) is 21.2. The Bertz CT molecular complexity index is 1650. The molecule has 0 spiro atoms. The Morgan fingerprint density at radius 1 is 0.977 bits per heavy atom. The summed E-state index contributed by atoms with van der Waals surface area (Å²) in [5, 5.41) is 11.3. The van der Waals surface area contributed by atoms with Crippen molar-refractivity contribution < 1.29 is 28.3 Å². The highest BCUT2D eigenvalue weighted by molar-refractivity contribution is 6.15. The van der Waals surface area contributed by atoms with Crippen molar-refractivity contribution in [2.45, 2.75) is 57.1 Å². The summed E-state index contributed by atoms with van der Waals surface area (Å²) in [6, 6.07) is 11.1. The van der Waals surface area contributed by atoms with Crippen molar-refractivity contribution in [3.05, 3.63) is 65.9 Å². The van der Waals surface area contributed by atoms with E-state index in [1.807, 2.05) is 6.07 Å². The van der Waals surface area contributed by atoms with Gasteiger partial charge in [-0.15, -0.1) is 0 Å². The summed E-state index contributed by atoms with van der Waals surface area (Å²) >= 11 is 0. The number of hydrogen-bond acceptors (Lipinski definition) is 8. The Morgan fingerprint density at radius 3 is 2.68 bits per heavy atom. The van der Waals surface area contributed by atoms with E-state index in [9.17, 15) is 23.6 Å². The van der Waals surface area contributed by atoms with Crippen LogP contribution in [0.5, 0.6) is 5.75 Å². The minimum absolute atomic E-state index is 0.0287. The van der Waals surface area contributed by atoms with Gasteiger partial charge in [-0.05, 0) is 68.5 Å². The molecule has 1 saturated heterocycles. The molecule has 0 aliphatic carbocycles. The number of nitrogens with zero attached hydrogens (tertiary/aromatic N) is 3. The quantitative estimate of drug-likeness (QED) is 0.283. The molecule has 44 heavy (non-hydrogen) atoms. The van der Waals surface area contributed by atoms with E-state index in [0.717, 1.165) is 18.2 Å². The van der Waals surface area contributed by atoms with Crippen molar-refractivity contribution in [1.82, 2.24) is 20.2 Å². The number of ketones is 1. The van der Waals surface area contributed by atoms with Crippen LogP contribution in [-0.4, -0.2) is 63.2 Å². The number of nitrogens with one attached hydrogen (secondary N) is 4. The molecule has 2 aromatic carbocycles. The molecule has 13 heteroatoms. The van der Waals surface area contributed by atoms with Crippen molar-refractivity contribution >= 4 is 46.5 Å². The molecule has 12 nitrogen and oxygen atoms in total. The Hall–Kier alpha value is -5.07. The van der Waals surface area contributed by atoms with Gasteiger partial charge in [-0.3, -0.25) is 14.4 Å². The number of Topliss-reactive ketones (excluding diaryl/α,β-unsaturated/α-hetero) is 1. The zero-order chi connectivity index (χ0) is 30.8. The van der Waals surface area contributed by atoms with Crippen molar-refractivity contribution in [3.63, 3.8) is 0 Å². The molecule has 8 bridgehead atoms. The molecule has 1 aromatic heterocycles. The van der Waals surface area contributed by atoms with Crippen LogP contribution in [0.2, 0.25) is 0 Å². The second kappa shape index (κ2) is 11.9. The summed E-state index contributed by atoms with van der Waals surface area (Å²) in [6.45, 7) is 2.10. The number of hydrogen-bond donors (Lipinski definition) is 4. The van der Waals surface area contributed by atoms with Crippen LogP contribution in [0.1, 0.15) is 50.4 Å². The number of fused-ring (bicyclic) bond motifs is 9. The SMILES string of the molecule is CC12Oc3ccc(cc3NC1=O)Nc1nc(ncc1F)Cc1cccc(c1)NC(=O)N1CCC[C@H]1C(=O)CCCCNC2=O. The molecule has 7 rings (SSSR count). The fraction of sp³-hybridized carbons (Fsp3) is 0.355. The third-order valence-corrected chi connectivity index (χ3v) is 8.03. The molecule has 4 amide bonds. The Labute approximate surface area is 252 Å². The molecule has 4 N–H and O–H groups in total. The van der Waals surface area contributed by atoms with Gasteiger partial charge >= 0.3 is 6.03 Å². The Morgan fingerprint density at radius 2 is 1.82 bits per heavy atom. The van der Waals surface area contributed by atoms with Crippen LogP contribution >= 0.6 is 0 Å². The van der Waals surface area contributed by atoms with Crippen LogP contribution < -0.4 is 26.0 Å². The topological polar surface area (TPSA) is 155 Å². The largest absolute Gasteiger partial charge is 0.466 e. The first-order valence-corrected chi connectivity index (χ1v) is 14.6. The highest BCUT2D eigenvalue weighted by atomic mass is 19.1. The number of rotatable bonds is 0. The van der Waals surface area contributed by atoms with Crippen LogP contribution in [0.4, 0.5) is 32.1 Å². The molecule has 1 fully saturated rings. The summed E-state index contributed by atoms with van der Waals surface area (Å²) in [6.07, 6.45) is 3.93. The van der Waals surface area contributed by atoms with Gasteiger partial charge in [-0.2, -0.15) is 0 Å². The number of urea groups is 1. The van der Waals surface area contributed by atoms with Gasteiger partial charge in [0.1, 0.15) is 11.6 Å². The first kappa shape index (κ1) is 29.0. The van der Waals surface area contributed by atoms with E-state index in [-0.39, 0.29) is 42.8 Å². The third kappa shape index (κ3) is 5.90. The van der Waals surface area contributed by atoms with Gasteiger partial charge in [0.2, 0.25) is 0 Å². The third-order valence-electron chi connectivity index (χ3n) is 8.03. The highest BCUT2D eigenvalue weighted by Gasteiger charge is 2.47. The lowest BCUT2D eigenvalue weighted by atomic mass is 10.0. The van der Waals surface area contributed by atoms with Crippen LogP contribution in [0.3, 0.4) is 0 Å². The summed E-state index contributed by atoms with van der Waals surface area (Å²) in [7, 11) is 0. The van der Waals surface area contributed by atoms with Gasteiger partial charge in [0.25, 0.3) is 17.4 Å². The standard InChI is InChI=1S/C31H32FN7O5/c1-31-28(41)33-12-3-2-9-24(40)23-8-5-13-39(23)30(43)36-19-7-4-6-18(14-19)15-26-34-17-21(32)27(38-26)35-20-10-11-25(44-31)22(16-20)37-29(31)42/h4,6-7,10-11,14,16-17,23H,2-3,5,8-9,12-13,15H2,1H3,(H,33,41)(H,36,43)(H,37,42)(H,34,35,38)/t23-,31?/m0/s1. The zero-order valence-electron chi connectivity index (χ0n) is 24.1. The summed E-state index contributed by atoms with van der Waals surface area (Å²) < 4.78 is 20.6. The van der Waals surface area contributed by atoms with Crippen molar-refractivity contribution in [2.75, 3.05) is 29.0 Å². The van der Waals surface area contributed by atoms with Gasteiger partial charge in [0.05, 0.1) is 17.9 Å². The predicted octanol–water partition coefficient (Wildman–Crippen LogP) is 3.91. The molecular formula is C31H32FN7O5. The molecule has 3 aromatic rings. The number of ether oxygens (including phenoxy) is 1. The van der Waals surface area contributed by atoms with Crippen molar-refractivity contribution in [1.29, 1.82) is 0 Å². The van der Waals surface area contributed by atoms with E-state index in [1.165, 1.54) is 6.92 Å². The fourth-order valence-electron chi connectivity index (χ4n) is 5.61. The van der Waals surface area contributed by atoms with E-state index < -0.39 is 29.3 Å². The van der Waals surface area contributed by atoms with Crippen LogP contribution in [0.15, 0.2) is 48.7 Å². The zero-order valence-corrected chi connectivity index (χ0v) is 24.1. The average Bonchev–Trinajstić information content (AvgIpc) is 3.50. The molecule has 228 valence electrons. The van der Waals surface area contributed by atoms with Gasteiger partial charge in [0, 0.05) is 37.3 Å². The smallest absolute Gasteiger partial charge is 0.322 e.